The second-order valence-electron chi connectivity index (χ2n) is 6.08. The van der Waals surface area contributed by atoms with Crippen LogP contribution < -0.4 is 0 Å². The average Bonchev–Trinajstić information content (AvgIpc) is 2.68. The summed E-state index contributed by atoms with van der Waals surface area (Å²) < 4.78 is 29.9. The molecule has 0 aliphatic carbocycles. The number of nitro benzene ring substituents is 1. The summed E-state index contributed by atoms with van der Waals surface area (Å²) in [7, 11) is -5.22. The quantitative estimate of drug-likeness (QED) is 0.434. The van der Waals surface area contributed by atoms with Gasteiger partial charge in [0.25, 0.3) is 15.7 Å². The summed E-state index contributed by atoms with van der Waals surface area (Å²) in [5, 5.41) is 11.5. The highest BCUT2D eigenvalue weighted by Gasteiger charge is 2.21. The zero-order chi connectivity index (χ0) is 20.1. The van der Waals surface area contributed by atoms with Crippen LogP contribution in [-0.4, -0.2) is 13.3 Å². The number of hydrogen-bond acceptors (Lipinski definition) is 4. The fourth-order valence-corrected chi connectivity index (χ4v) is 6.14. The van der Waals surface area contributed by atoms with Gasteiger partial charge in [-0.2, -0.15) is 8.42 Å². The lowest BCUT2D eigenvalue weighted by atomic mass is 10.2. The van der Waals surface area contributed by atoms with Crippen molar-refractivity contribution in [3.05, 3.63) is 100 Å². The van der Waals surface area contributed by atoms with E-state index in [0.29, 0.717) is 4.90 Å². The van der Waals surface area contributed by atoms with Gasteiger partial charge in [-0.05, 0) is 41.4 Å². The van der Waals surface area contributed by atoms with Crippen LogP contribution in [0, 0.1) is 17.0 Å². The number of nitrogens with zero attached hydrogens (tertiary/aromatic N) is 2. The summed E-state index contributed by atoms with van der Waals surface area (Å²) in [5.41, 5.74) is 1.65. The van der Waals surface area contributed by atoms with E-state index in [0.717, 1.165) is 11.1 Å². The maximum atomic E-state index is 12.9. The molecule has 0 saturated carbocycles. The van der Waals surface area contributed by atoms with Gasteiger partial charge in [0.2, 0.25) is 0 Å². The van der Waals surface area contributed by atoms with Crippen molar-refractivity contribution in [2.45, 2.75) is 22.5 Å². The van der Waals surface area contributed by atoms with E-state index in [1.165, 1.54) is 18.2 Å². The Kier molecular flexibility index (Phi) is 6.01. The fraction of sp³-hybridized carbons (Fsp3) is 0.100. The van der Waals surface area contributed by atoms with Gasteiger partial charge in [-0.3, -0.25) is 10.1 Å². The van der Waals surface area contributed by atoms with Crippen LogP contribution in [0.3, 0.4) is 0 Å². The molecule has 0 N–H and O–H groups in total. The molecule has 0 fully saturated rings. The molecule has 1 unspecified atom stereocenters. The van der Waals surface area contributed by atoms with Gasteiger partial charge in [0.15, 0.2) is 0 Å². The van der Waals surface area contributed by atoms with Crippen molar-refractivity contribution in [1.82, 2.24) is 0 Å². The number of aryl methyl sites for hydroxylation is 1. The van der Waals surface area contributed by atoms with Gasteiger partial charge in [0.1, 0.15) is 0 Å². The summed E-state index contributed by atoms with van der Waals surface area (Å²) in [6, 6.07) is 21.8. The molecule has 0 bridgehead atoms. The Balaban J connectivity index is 2.15. The van der Waals surface area contributed by atoms with Crippen LogP contribution in [0.15, 0.2) is 92.4 Å². The smallest absolute Gasteiger partial charge is 0.258 e. The number of benzene rings is 3. The van der Waals surface area contributed by atoms with Gasteiger partial charge in [-0.1, -0.05) is 60.2 Å². The van der Waals surface area contributed by atoms with E-state index in [2.05, 4.69) is 3.77 Å². The maximum Gasteiger partial charge on any atom is 0.288 e. The van der Waals surface area contributed by atoms with Crippen LogP contribution in [0.1, 0.15) is 11.1 Å². The molecule has 3 aromatic rings. The molecule has 144 valence electrons. The Morgan fingerprint density at radius 3 is 2.18 bits per heavy atom. The standard InChI is InChI=1S/C20H18N2O4S2/c1-16-11-13-18(14-12-16)28(25,26)21-27(15-17-7-3-2-4-8-17)20-10-6-5-9-19(20)22(23)24/h2-14H,15H2,1H3. The molecule has 0 spiro atoms. The summed E-state index contributed by atoms with van der Waals surface area (Å²) in [5.74, 6) is 0.261. The predicted molar refractivity (Wildman–Crippen MR) is 110 cm³/mol. The van der Waals surface area contributed by atoms with Crippen molar-refractivity contribution >= 4 is 26.4 Å². The van der Waals surface area contributed by atoms with E-state index in [9.17, 15) is 18.5 Å². The molecule has 0 amide bonds. The molecule has 3 rings (SSSR count). The van der Waals surface area contributed by atoms with Gasteiger partial charge >= 0.3 is 0 Å². The maximum absolute atomic E-state index is 12.9. The highest BCUT2D eigenvalue weighted by atomic mass is 32.3. The summed E-state index contributed by atoms with van der Waals surface area (Å²) >= 11 is 0. The largest absolute Gasteiger partial charge is 0.288 e. The predicted octanol–water partition coefficient (Wildman–Crippen LogP) is 4.65. The highest BCUT2D eigenvalue weighted by Crippen LogP contribution is 2.27. The van der Waals surface area contributed by atoms with Gasteiger partial charge < -0.3 is 0 Å². The van der Waals surface area contributed by atoms with Crippen LogP contribution in [0.5, 0.6) is 0 Å². The Labute approximate surface area is 166 Å². The van der Waals surface area contributed by atoms with E-state index in [4.69, 9.17) is 0 Å². The molecule has 28 heavy (non-hydrogen) atoms. The van der Waals surface area contributed by atoms with Gasteiger partial charge in [-0.25, -0.2) is 0 Å². The first-order chi connectivity index (χ1) is 13.4. The fourth-order valence-electron chi connectivity index (χ4n) is 2.56. The normalized spacial score (nSPS) is 12.6. The lowest BCUT2D eigenvalue weighted by molar-refractivity contribution is -0.387. The molecule has 0 aliphatic rings. The van der Waals surface area contributed by atoms with Gasteiger partial charge in [0.05, 0.1) is 14.7 Å². The molecule has 8 heteroatoms. The van der Waals surface area contributed by atoms with Crippen molar-refractivity contribution in [1.29, 1.82) is 0 Å². The van der Waals surface area contributed by atoms with E-state index >= 15 is 0 Å². The topological polar surface area (TPSA) is 89.6 Å². The molecular formula is C20H18N2O4S2. The second kappa shape index (κ2) is 8.45. The minimum Gasteiger partial charge on any atom is -0.258 e. The van der Waals surface area contributed by atoms with Crippen LogP contribution in [0.25, 0.3) is 0 Å². The highest BCUT2D eigenvalue weighted by molar-refractivity contribution is 8.00. The number of nitro groups is 1. The molecule has 0 heterocycles. The molecule has 3 aromatic carbocycles. The first-order valence-electron chi connectivity index (χ1n) is 8.40. The Bertz CT molecular complexity index is 1130. The molecule has 0 radical (unpaired) electrons. The van der Waals surface area contributed by atoms with Crippen molar-refractivity contribution in [3.63, 3.8) is 0 Å². The Morgan fingerprint density at radius 1 is 0.929 bits per heavy atom. The average molecular weight is 415 g/mol. The van der Waals surface area contributed by atoms with Crippen molar-refractivity contribution < 1.29 is 13.3 Å². The molecule has 1 atom stereocenters. The number of sulfonamides is 1. The number of para-hydroxylation sites is 1. The third-order valence-corrected chi connectivity index (χ3v) is 7.80. The minimum atomic E-state index is -3.97. The molecule has 0 aliphatic heterocycles. The van der Waals surface area contributed by atoms with Crippen LogP contribution in [0.2, 0.25) is 0 Å². The zero-order valence-electron chi connectivity index (χ0n) is 15.1. The molecular weight excluding hydrogens is 396 g/mol. The lowest BCUT2D eigenvalue weighted by Gasteiger charge is -2.10. The summed E-state index contributed by atoms with van der Waals surface area (Å²) in [4.78, 5) is 11.3. The third-order valence-electron chi connectivity index (χ3n) is 3.97. The van der Waals surface area contributed by atoms with Crippen LogP contribution >= 0.6 is 0 Å². The van der Waals surface area contributed by atoms with E-state index < -0.39 is 25.6 Å². The third kappa shape index (κ3) is 4.71. The first-order valence-corrected chi connectivity index (χ1v) is 11.2. The van der Waals surface area contributed by atoms with Crippen LogP contribution in [-0.2, 0) is 26.5 Å². The van der Waals surface area contributed by atoms with Gasteiger partial charge in [0, 0.05) is 11.8 Å². The summed E-state index contributed by atoms with van der Waals surface area (Å²) in [6.45, 7) is 1.86. The second-order valence-corrected chi connectivity index (χ2v) is 9.56. The SMILES string of the molecule is Cc1ccc(S(=O)(=O)/N=S(\Cc2ccccc2)c2ccccc2[N+](=O)[O-])cc1. The van der Waals surface area contributed by atoms with E-state index in [1.807, 2.05) is 37.3 Å². The number of rotatable bonds is 6. The van der Waals surface area contributed by atoms with Crippen molar-refractivity contribution in [2.75, 3.05) is 0 Å². The molecule has 0 aromatic heterocycles. The molecule has 0 saturated heterocycles. The van der Waals surface area contributed by atoms with E-state index in [1.54, 1.807) is 30.3 Å². The minimum absolute atomic E-state index is 0.0715. The van der Waals surface area contributed by atoms with E-state index in [-0.39, 0.29) is 16.3 Å². The lowest BCUT2D eigenvalue weighted by Crippen LogP contribution is -2.05. The zero-order valence-corrected chi connectivity index (χ0v) is 16.7. The summed E-state index contributed by atoms with van der Waals surface area (Å²) in [6.07, 6.45) is 0. The van der Waals surface area contributed by atoms with Crippen molar-refractivity contribution in [2.24, 2.45) is 3.77 Å². The van der Waals surface area contributed by atoms with Crippen molar-refractivity contribution in [3.8, 4) is 0 Å². The molecule has 6 nitrogen and oxygen atoms in total. The monoisotopic (exact) mass is 414 g/mol. The Hall–Kier alpha value is -2.84. The first kappa shape index (κ1) is 19.9. The Morgan fingerprint density at radius 2 is 1.54 bits per heavy atom. The number of hydrogen-bond donors (Lipinski definition) is 0. The van der Waals surface area contributed by atoms with Gasteiger partial charge in [-0.15, -0.1) is 3.77 Å². The van der Waals surface area contributed by atoms with Crippen LogP contribution in [0.4, 0.5) is 5.69 Å².